The molecule has 0 amide bonds. The molecule has 2 nitrogen and oxygen atoms in total. The number of rotatable bonds is 0. The first-order chi connectivity index (χ1) is 6.59. The van der Waals surface area contributed by atoms with E-state index in [1.807, 2.05) is 0 Å². The molecule has 0 unspecified atom stereocenters. The van der Waals surface area contributed by atoms with E-state index in [2.05, 4.69) is 0 Å². The minimum atomic E-state index is -1.11. The number of carbonyl (C=O) groups excluding carboxylic acids is 1. The Morgan fingerprint density at radius 2 is 2.14 bits per heavy atom. The number of hydrogen-bond acceptors (Lipinski definition) is 2. The summed E-state index contributed by atoms with van der Waals surface area (Å²) in [5, 5.41) is 0. The second kappa shape index (κ2) is 3.04. The Labute approximate surface area is 79.5 Å². The third-order valence-electron chi connectivity index (χ3n) is 2.14. The molecule has 1 atom stereocenters. The highest BCUT2D eigenvalue weighted by Gasteiger charge is 2.28. The van der Waals surface area contributed by atoms with E-state index < -0.39 is 17.4 Å². The Morgan fingerprint density at radius 1 is 1.43 bits per heavy atom. The van der Waals surface area contributed by atoms with E-state index >= 15 is 0 Å². The van der Waals surface area contributed by atoms with Crippen molar-refractivity contribution in [1.29, 1.82) is 0 Å². The highest BCUT2D eigenvalue weighted by atomic mass is 19.2. The Hall–Kier alpha value is -1.45. The molecule has 4 heteroatoms. The van der Waals surface area contributed by atoms with Crippen LogP contribution in [-0.2, 0) is 0 Å². The molecular weight excluding hydrogens is 190 g/mol. The van der Waals surface area contributed by atoms with Crippen molar-refractivity contribution in [3.8, 4) is 5.75 Å². The summed E-state index contributed by atoms with van der Waals surface area (Å²) in [7, 11) is 0. The Morgan fingerprint density at radius 3 is 2.86 bits per heavy atom. The van der Waals surface area contributed by atoms with Crippen molar-refractivity contribution in [3.63, 3.8) is 0 Å². The Bertz CT molecular complexity index is 401. The summed E-state index contributed by atoms with van der Waals surface area (Å²) >= 11 is 0. The Balaban J connectivity index is 2.60. The van der Waals surface area contributed by atoms with Gasteiger partial charge in [0.1, 0.15) is 11.9 Å². The number of hydrogen-bond donors (Lipinski definition) is 0. The molecular formula is C10H8F2O2. The van der Waals surface area contributed by atoms with Gasteiger partial charge in [0, 0.05) is 6.42 Å². The third kappa shape index (κ3) is 1.27. The number of ketones is 1. The summed E-state index contributed by atoms with van der Waals surface area (Å²) in [5.41, 5.74) is -0.261. The first kappa shape index (κ1) is 9.12. The topological polar surface area (TPSA) is 26.3 Å². The molecule has 0 aromatic heterocycles. The molecule has 14 heavy (non-hydrogen) atoms. The van der Waals surface area contributed by atoms with Gasteiger partial charge in [0.2, 0.25) is 0 Å². The third-order valence-corrected chi connectivity index (χ3v) is 2.14. The zero-order chi connectivity index (χ0) is 10.3. The van der Waals surface area contributed by atoms with Crippen LogP contribution in [0.4, 0.5) is 8.78 Å². The molecule has 2 rings (SSSR count). The highest BCUT2D eigenvalue weighted by Crippen LogP contribution is 2.30. The number of benzene rings is 1. The van der Waals surface area contributed by atoms with Gasteiger partial charge in [0.25, 0.3) is 0 Å². The molecule has 1 aliphatic rings. The van der Waals surface area contributed by atoms with E-state index in [1.54, 1.807) is 6.92 Å². The number of Topliss-reactive ketones (excluding diaryl/α,β-unsaturated/α-hetero) is 1. The first-order valence-electron chi connectivity index (χ1n) is 4.27. The number of ether oxygens (including phenoxy) is 1. The van der Waals surface area contributed by atoms with Crippen LogP contribution >= 0.6 is 0 Å². The van der Waals surface area contributed by atoms with Gasteiger partial charge in [-0.1, -0.05) is 0 Å². The molecule has 1 aromatic rings. The van der Waals surface area contributed by atoms with Crippen molar-refractivity contribution >= 4 is 5.78 Å². The van der Waals surface area contributed by atoms with E-state index in [-0.39, 0.29) is 23.8 Å². The van der Waals surface area contributed by atoms with Crippen LogP contribution in [0.3, 0.4) is 0 Å². The monoisotopic (exact) mass is 198 g/mol. The van der Waals surface area contributed by atoms with E-state index in [0.717, 1.165) is 6.07 Å². The summed E-state index contributed by atoms with van der Waals surface area (Å²) in [6.45, 7) is 1.71. The van der Waals surface area contributed by atoms with Gasteiger partial charge in [0.15, 0.2) is 17.4 Å². The van der Waals surface area contributed by atoms with Crippen LogP contribution in [0, 0.1) is 11.6 Å². The molecule has 0 N–H and O–H groups in total. The smallest absolute Gasteiger partial charge is 0.173 e. The molecule has 0 radical (unpaired) electrons. The van der Waals surface area contributed by atoms with Crippen molar-refractivity contribution in [2.45, 2.75) is 19.4 Å². The van der Waals surface area contributed by atoms with Gasteiger partial charge in [-0.25, -0.2) is 8.78 Å². The highest BCUT2D eigenvalue weighted by molar-refractivity contribution is 6.00. The zero-order valence-corrected chi connectivity index (χ0v) is 7.51. The van der Waals surface area contributed by atoms with Crippen molar-refractivity contribution in [1.82, 2.24) is 0 Å². The molecule has 1 heterocycles. The van der Waals surface area contributed by atoms with Gasteiger partial charge in [-0.15, -0.1) is 0 Å². The lowest BCUT2D eigenvalue weighted by molar-refractivity contribution is 0.0862. The second-order valence-corrected chi connectivity index (χ2v) is 3.29. The van der Waals surface area contributed by atoms with Gasteiger partial charge in [0.05, 0.1) is 5.56 Å². The summed E-state index contributed by atoms with van der Waals surface area (Å²) in [6.07, 6.45) is -0.187. The van der Waals surface area contributed by atoms with E-state index in [1.165, 1.54) is 6.07 Å². The van der Waals surface area contributed by atoms with E-state index in [0.29, 0.717) is 0 Å². The first-order valence-corrected chi connectivity index (χ1v) is 4.27. The average Bonchev–Trinajstić information content (AvgIpc) is 2.10. The lowest BCUT2D eigenvalue weighted by atomic mass is 10.0. The standard InChI is InChI=1S/C10H8F2O2/c1-5-4-7(13)9-8(14-5)3-2-6(11)10(9)12/h2-3,5H,4H2,1H3/t5-/m1/s1. The van der Waals surface area contributed by atoms with Crippen molar-refractivity contribution < 1.29 is 18.3 Å². The second-order valence-electron chi connectivity index (χ2n) is 3.29. The van der Waals surface area contributed by atoms with Crippen LogP contribution in [0.5, 0.6) is 5.75 Å². The number of carbonyl (C=O) groups is 1. The van der Waals surface area contributed by atoms with E-state index in [9.17, 15) is 13.6 Å². The van der Waals surface area contributed by atoms with Gasteiger partial charge in [-0.2, -0.15) is 0 Å². The quantitative estimate of drug-likeness (QED) is 0.639. The van der Waals surface area contributed by atoms with Gasteiger partial charge in [-0.3, -0.25) is 4.79 Å². The normalized spacial score (nSPS) is 20.2. The maximum absolute atomic E-state index is 13.2. The fourth-order valence-electron chi connectivity index (χ4n) is 1.51. The fraction of sp³-hybridized carbons (Fsp3) is 0.300. The van der Waals surface area contributed by atoms with Crippen LogP contribution in [0.25, 0.3) is 0 Å². The minimum Gasteiger partial charge on any atom is -0.489 e. The molecule has 0 spiro atoms. The molecule has 0 aliphatic carbocycles. The van der Waals surface area contributed by atoms with E-state index in [4.69, 9.17) is 4.74 Å². The Kier molecular flexibility index (Phi) is 1.98. The zero-order valence-electron chi connectivity index (χ0n) is 7.51. The summed E-state index contributed by atoms with van der Waals surface area (Å²) in [4.78, 5) is 11.4. The van der Waals surface area contributed by atoms with Crippen LogP contribution in [-0.4, -0.2) is 11.9 Å². The molecule has 1 aromatic carbocycles. The number of fused-ring (bicyclic) bond motifs is 1. The van der Waals surface area contributed by atoms with Gasteiger partial charge in [-0.05, 0) is 19.1 Å². The lowest BCUT2D eigenvalue weighted by Crippen LogP contribution is -2.25. The van der Waals surface area contributed by atoms with Crippen molar-refractivity contribution in [2.75, 3.05) is 0 Å². The lowest BCUT2D eigenvalue weighted by Gasteiger charge is -2.22. The summed E-state index contributed by atoms with van der Waals surface area (Å²) in [6, 6.07) is 2.24. The van der Waals surface area contributed by atoms with Gasteiger partial charge < -0.3 is 4.74 Å². The fourth-order valence-corrected chi connectivity index (χ4v) is 1.51. The summed E-state index contributed by atoms with van der Waals surface area (Å²) in [5.74, 6) is -2.40. The maximum Gasteiger partial charge on any atom is 0.173 e. The van der Waals surface area contributed by atoms with Crippen molar-refractivity contribution in [3.05, 3.63) is 29.3 Å². The molecule has 1 aliphatic heterocycles. The molecule has 0 saturated heterocycles. The molecule has 0 saturated carbocycles. The van der Waals surface area contributed by atoms with Crippen LogP contribution < -0.4 is 4.74 Å². The van der Waals surface area contributed by atoms with Crippen LogP contribution in [0.15, 0.2) is 12.1 Å². The molecule has 0 bridgehead atoms. The summed E-state index contributed by atoms with van der Waals surface area (Å²) < 4.78 is 31.2. The SMILES string of the molecule is C[C@@H]1CC(=O)c2c(ccc(F)c2F)O1. The maximum atomic E-state index is 13.2. The van der Waals surface area contributed by atoms with Crippen LogP contribution in [0.2, 0.25) is 0 Å². The average molecular weight is 198 g/mol. The predicted molar refractivity (Wildman–Crippen MR) is 45.4 cm³/mol. The predicted octanol–water partition coefficient (Wildman–Crippen LogP) is 2.32. The van der Waals surface area contributed by atoms with Crippen LogP contribution in [0.1, 0.15) is 23.7 Å². The minimum absolute atomic E-state index is 0.0906. The molecule has 74 valence electrons. The molecule has 0 fully saturated rings. The number of halogens is 2. The van der Waals surface area contributed by atoms with Gasteiger partial charge >= 0.3 is 0 Å². The van der Waals surface area contributed by atoms with Crippen molar-refractivity contribution in [2.24, 2.45) is 0 Å². The largest absolute Gasteiger partial charge is 0.489 e.